The summed E-state index contributed by atoms with van der Waals surface area (Å²) in [5.74, 6) is 0. The summed E-state index contributed by atoms with van der Waals surface area (Å²) in [7, 11) is 4.23. The van der Waals surface area contributed by atoms with Crippen molar-refractivity contribution in [2.24, 2.45) is 0 Å². The molecule has 1 fully saturated rings. The van der Waals surface area contributed by atoms with Gasteiger partial charge in [-0.3, -0.25) is 0 Å². The van der Waals surface area contributed by atoms with Gasteiger partial charge in [-0.2, -0.15) is 0 Å². The lowest BCUT2D eigenvalue weighted by Crippen LogP contribution is -2.28. The third-order valence-corrected chi connectivity index (χ3v) is 1.69. The van der Waals surface area contributed by atoms with Crippen LogP contribution in [0.15, 0.2) is 0 Å². The van der Waals surface area contributed by atoms with Gasteiger partial charge in [0.2, 0.25) is 0 Å². The predicted octanol–water partition coefficient (Wildman–Crippen LogP) is -0.0753. The van der Waals surface area contributed by atoms with Crippen molar-refractivity contribution in [2.75, 3.05) is 27.2 Å². The molecular formula is C6H13N2. The van der Waals surface area contributed by atoms with Crippen LogP contribution in [0.3, 0.4) is 0 Å². The molecule has 1 unspecified atom stereocenters. The number of rotatable bonds is 1. The van der Waals surface area contributed by atoms with Crippen molar-refractivity contribution in [2.45, 2.75) is 12.5 Å². The molecule has 47 valence electrons. The number of hydrogen-bond donors (Lipinski definition) is 0. The Morgan fingerprint density at radius 3 is 2.50 bits per heavy atom. The second-order valence-corrected chi connectivity index (χ2v) is 2.54. The predicted molar refractivity (Wildman–Crippen MR) is 34.0 cm³/mol. The van der Waals surface area contributed by atoms with Crippen molar-refractivity contribution in [1.29, 1.82) is 0 Å². The van der Waals surface area contributed by atoms with Crippen LogP contribution in [0, 0.1) is 0 Å². The van der Waals surface area contributed by atoms with E-state index in [9.17, 15) is 0 Å². The fourth-order valence-electron chi connectivity index (χ4n) is 0.993. The van der Waals surface area contributed by atoms with Crippen LogP contribution < -0.4 is 5.32 Å². The number of hydrogen-bond acceptors (Lipinski definition) is 1. The zero-order valence-electron chi connectivity index (χ0n) is 5.59. The standard InChI is InChI=1S/C6H13N2/c1-8(2)6-3-4-7-5-6/h6H,3-5H2,1-2H3. The highest BCUT2D eigenvalue weighted by atomic mass is 15.1. The molecule has 1 atom stereocenters. The van der Waals surface area contributed by atoms with Gasteiger partial charge >= 0.3 is 0 Å². The van der Waals surface area contributed by atoms with E-state index < -0.39 is 0 Å². The molecule has 0 spiro atoms. The molecule has 0 aliphatic carbocycles. The highest BCUT2D eigenvalue weighted by Crippen LogP contribution is 2.03. The fraction of sp³-hybridized carbons (Fsp3) is 1.00. The van der Waals surface area contributed by atoms with Crippen LogP contribution in [-0.2, 0) is 0 Å². The summed E-state index contributed by atoms with van der Waals surface area (Å²) in [6, 6.07) is 0.731. The monoisotopic (exact) mass is 113 g/mol. The average Bonchev–Trinajstić information content (AvgIpc) is 2.12. The fourth-order valence-corrected chi connectivity index (χ4v) is 0.993. The lowest BCUT2D eigenvalue weighted by molar-refractivity contribution is 0.313. The first-order valence-electron chi connectivity index (χ1n) is 3.10. The maximum Gasteiger partial charge on any atom is 0.0290 e. The van der Waals surface area contributed by atoms with Crippen LogP contribution in [0.5, 0.6) is 0 Å². The van der Waals surface area contributed by atoms with Crippen molar-refractivity contribution in [1.82, 2.24) is 10.2 Å². The molecule has 0 aromatic rings. The van der Waals surface area contributed by atoms with E-state index in [0.717, 1.165) is 19.1 Å². The molecule has 0 aromatic heterocycles. The summed E-state index contributed by atoms with van der Waals surface area (Å²) >= 11 is 0. The largest absolute Gasteiger partial charge is 0.305 e. The molecule has 1 rings (SSSR count). The van der Waals surface area contributed by atoms with Gasteiger partial charge < -0.3 is 4.90 Å². The highest BCUT2D eigenvalue weighted by molar-refractivity contribution is 4.75. The van der Waals surface area contributed by atoms with E-state index in [4.69, 9.17) is 0 Å². The van der Waals surface area contributed by atoms with Crippen molar-refractivity contribution >= 4 is 0 Å². The zero-order valence-corrected chi connectivity index (χ0v) is 5.59. The van der Waals surface area contributed by atoms with E-state index in [2.05, 4.69) is 24.3 Å². The van der Waals surface area contributed by atoms with E-state index in [0.29, 0.717) is 0 Å². The summed E-state index contributed by atoms with van der Waals surface area (Å²) in [5, 5.41) is 4.24. The molecule has 0 amide bonds. The van der Waals surface area contributed by atoms with Gasteiger partial charge in [-0.25, -0.2) is 5.32 Å². The van der Waals surface area contributed by atoms with Gasteiger partial charge in [-0.15, -0.1) is 0 Å². The number of nitrogens with zero attached hydrogens (tertiary/aromatic N) is 2. The van der Waals surface area contributed by atoms with Gasteiger partial charge in [0.1, 0.15) is 0 Å². The van der Waals surface area contributed by atoms with Gasteiger partial charge in [-0.1, -0.05) is 0 Å². The average molecular weight is 113 g/mol. The van der Waals surface area contributed by atoms with Crippen LogP contribution in [0.25, 0.3) is 0 Å². The Labute approximate surface area is 50.9 Å². The second kappa shape index (κ2) is 2.46. The molecule has 1 heterocycles. The van der Waals surface area contributed by atoms with Gasteiger partial charge in [-0.05, 0) is 20.5 Å². The Bertz CT molecular complexity index is 64.9. The highest BCUT2D eigenvalue weighted by Gasteiger charge is 2.16. The third-order valence-electron chi connectivity index (χ3n) is 1.69. The molecule has 0 saturated carbocycles. The zero-order chi connectivity index (χ0) is 5.98. The van der Waals surface area contributed by atoms with E-state index >= 15 is 0 Å². The molecule has 8 heavy (non-hydrogen) atoms. The minimum absolute atomic E-state index is 0.731. The number of likely N-dealkylation sites (N-methyl/N-ethyl adjacent to an activating group) is 1. The Hall–Kier alpha value is -0.0800. The first-order valence-corrected chi connectivity index (χ1v) is 3.10. The van der Waals surface area contributed by atoms with E-state index in [1.165, 1.54) is 6.42 Å². The molecule has 1 saturated heterocycles. The van der Waals surface area contributed by atoms with Crippen LogP contribution >= 0.6 is 0 Å². The topological polar surface area (TPSA) is 17.3 Å². The van der Waals surface area contributed by atoms with Crippen LogP contribution in [0.4, 0.5) is 0 Å². The molecule has 1 radical (unpaired) electrons. The van der Waals surface area contributed by atoms with Gasteiger partial charge in [0.25, 0.3) is 0 Å². The summed E-state index contributed by atoms with van der Waals surface area (Å²) in [6.45, 7) is 2.12. The van der Waals surface area contributed by atoms with Crippen molar-refractivity contribution in [3.05, 3.63) is 0 Å². The summed E-state index contributed by atoms with van der Waals surface area (Å²) < 4.78 is 0. The van der Waals surface area contributed by atoms with Crippen molar-refractivity contribution in [3.8, 4) is 0 Å². The first-order chi connectivity index (χ1) is 3.80. The normalized spacial score (nSPS) is 29.6. The minimum atomic E-state index is 0.731. The lowest BCUT2D eigenvalue weighted by Gasteiger charge is -2.16. The molecule has 0 bridgehead atoms. The van der Waals surface area contributed by atoms with E-state index in [1.807, 2.05) is 0 Å². The molecule has 0 aromatic carbocycles. The van der Waals surface area contributed by atoms with Gasteiger partial charge in [0.05, 0.1) is 0 Å². The maximum atomic E-state index is 4.24. The van der Waals surface area contributed by atoms with Crippen LogP contribution in [0.1, 0.15) is 6.42 Å². The Kier molecular flexibility index (Phi) is 1.86. The van der Waals surface area contributed by atoms with Crippen LogP contribution in [0.2, 0.25) is 0 Å². The van der Waals surface area contributed by atoms with Crippen molar-refractivity contribution in [3.63, 3.8) is 0 Å². The summed E-state index contributed by atoms with van der Waals surface area (Å²) in [6.07, 6.45) is 1.26. The third kappa shape index (κ3) is 1.20. The first kappa shape index (κ1) is 6.05. The molecular weight excluding hydrogens is 100 g/mol. The lowest BCUT2D eigenvalue weighted by atomic mass is 10.2. The Balaban J connectivity index is 2.24. The van der Waals surface area contributed by atoms with Gasteiger partial charge in [0, 0.05) is 19.1 Å². The Morgan fingerprint density at radius 2 is 2.25 bits per heavy atom. The van der Waals surface area contributed by atoms with E-state index in [-0.39, 0.29) is 0 Å². The molecule has 2 nitrogen and oxygen atoms in total. The summed E-state index contributed by atoms with van der Waals surface area (Å²) in [4.78, 5) is 2.25. The van der Waals surface area contributed by atoms with Crippen LogP contribution in [-0.4, -0.2) is 38.1 Å². The maximum absolute atomic E-state index is 4.24. The smallest absolute Gasteiger partial charge is 0.0290 e. The minimum Gasteiger partial charge on any atom is -0.305 e. The van der Waals surface area contributed by atoms with Crippen molar-refractivity contribution < 1.29 is 0 Å². The molecule has 0 N–H and O–H groups in total. The van der Waals surface area contributed by atoms with E-state index in [1.54, 1.807) is 0 Å². The quantitative estimate of drug-likeness (QED) is 0.465. The molecule has 1 aliphatic heterocycles. The SMILES string of the molecule is CN(C)C1CC[N]C1. The van der Waals surface area contributed by atoms with Gasteiger partial charge in [0.15, 0.2) is 0 Å². The molecule has 1 aliphatic rings. The molecule has 2 heteroatoms. The Morgan fingerprint density at radius 1 is 1.50 bits per heavy atom. The second-order valence-electron chi connectivity index (χ2n) is 2.54. The summed E-state index contributed by atoms with van der Waals surface area (Å²) in [5.41, 5.74) is 0.